The van der Waals surface area contributed by atoms with Crippen molar-refractivity contribution < 1.29 is 8.42 Å². The number of fused-ring (bicyclic) bond motifs is 1. The van der Waals surface area contributed by atoms with Crippen LogP contribution in [0.5, 0.6) is 0 Å². The van der Waals surface area contributed by atoms with Gasteiger partial charge >= 0.3 is 0 Å². The number of nitrogens with zero attached hydrogens (tertiary/aromatic N) is 3. The van der Waals surface area contributed by atoms with Gasteiger partial charge in [0.1, 0.15) is 17.1 Å². The smallest absolute Gasteiger partial charge is 0.272 e. The molecule has 0 atom stereocenters. The van der Waals surface area contributed by atoms with Gasteiger partial charge in [-0.15, -0.1) is 0 Å². The van der Waals surface area contributed by atoms with Gasteiger partial charge in [-0.3, -0.25) is 4.40 Å². The van der Waals surface area contributed by atoms with E-state index in [1.165, 1.54) is 16.8 Å². The van der Waals surface area contributed by atoms with E-state index in [-0.39, 0.29) is 16.1 Å². The van der Waals surface area contributed by atoms with E-state index in [9.17, 15) is 8.42 Å². The predicted octanol–water partition coefficient (Wildman–Crippen LogP) is 2.43. The Morgan fingerprint density at radius 2 is 2.06 bits per heavy atom. The molecule has 8 heteroatoms. The first kappa shape index (κ1) is 12.6. The Morgan fingerprint density at radius 1 is 1.41 bits per heavy atom. The Hall–Kier alpha value is -0.850. The monoisotopic (exact) mass is 293 g/mol. The lowest BCUT2D eigenvalue weighted by Crippen LogP contribution is -2.02. The van der Waals surface area contributed by atoms with Crippen LogP contribution in [0.25, 0.3) is 5.65 Å². The SMILES string of the molecule is CC(C)c1nc2cc(Cl)ncn2c1S(=O)(=O)Cl. The molecule has 2 heterocycles. The van der Waals surface area contributed by atoms with Crippen LogP contribution in [0.2, 0.25) is 5.15 Å². The Morgan fingerprint density at radius 3 is 2.59 bits per heavy atom. The maximum absolute atomic E-state index is 11.6. The molecule has 0 amide bonds. The highest BCUT2D eigenvalue weighted by Gasteiger charge is 2.25. The van der Waals surface area contributed by atoms with Crippen LogP contribution in [0, 0.1) is 0 Å². The minimum absolute atomic E-state index is 0.0478. The number of aromatic nitrogens is 3. The standard InChI is InChI=1S/C9H9Cl2N3O2S/c1-5(2)8-9(17(11,15)16)14-4-12-6(10)3-7(14)13-8/h3-5H,1-2H3. The third kappa shape index (κ3) is 2.25. The second kappa shape index (κ2) is 4.12. The fraction of sp³-hybridized carbons (Fsp3) is 0.333. The molecule has 0 aliphatic carbocycles. The van der Waals surface area contributed by atoms with E-state index in [2.05, 4.69) is 9.97 Å². The van der Waals surface area contributed by atoms with Crippen molar-refractivity contribution in [1.29, 1.82) is 0 Å². The number of rotatable bonds is 2. The fourth-order valence-corrected chi connectivity index (χ4v) is 3.05. The van der Waals surface area contributed by atoms with E-state index in [0.29, 0.717) is 11.3 Å². The summed E-state index contributed by atoms with van der Waals surface area (Å²) in [5, 5.41) is 0.199. The van der Waals surface area contributed by atoms with Crippen LogP contribution in [0.3, 0.4) is 0 Å². The van der Waals surface area contributed by atoms with Gasteiger partial charge < -0.3 is 0 Å². The maximum Gasteiger partial charge on any atom is 0.279 e. The Kier molecular flexibility index (Phi) is 3.05. The molecule has 0 aliphatic heterocycles. The summed E-state index contributed by atoms with van der Waals surface area (Å²) in [4.78, 5) is 8.03. The van der Waals surface area contributed by atoms with Crippen LogP contribution in [-0.4, -0.2) is 22.8 Å². The Bertz CT molecular complexity index is 679. The van der Waals surface area contributed by atoms with Gasteiger partial charge in [-0.2, -0.15) is 0 Å². The van der Waals surface area contributed by atoms with Gasteiger partial charge in [0.05, 0.1) is 5.69 Å². The number of hydrogen-bond donors (Lipinski definition) is 0. The quantitative estimate of drug-likeness (QED) is 0.630. The molecule has 92 valence electrons. The summed E-state index contributed by atoms with van der Waals surface area (Å²) in [7, 11) is 1.53. The highest BCUT2D eigenvalue weighted by molar-refractivity contribution is 8.13. The summed E-state index contributed by atoms with van der Waals surface area (Å²) < 4.78 is 24.4. The van der Waals surface area contributed by atoms with Gasteiger partial charge in [0.25, 0.3) is 9.05 Å². The van der Waals surface area contributed by atoms with Gasteiger partial charge in [0.2, 0.25) is 0 Å². The molecular formula is C9H9Cl2N3O2S. The van der Waals surface area contributed by atoms with Crippen molar-refractivity contribution in [2.45, 2.75) is 24.8 Å². The molecule has 0 aliphatic rings. The van der Waals surface area contributed by atoms with Crippen molar-refractivity contribution in [3.63, 3.8) is 0 Å². The maximum atomic E-state index is 11.6. The molecule has 5 nitrogen and oxygen atoms in total. The number of hydrogen-bond acceptors (Lipinski definition) is 4. The summed E-state index contributed by atoms with van der Waals surface area (Å²) in [6, 6.07) is 1.49. The molecule has 0 saturated carbocycles. The fourth-order valence-electron chi connectivity index (χ4n) is 1.54. The zero-order valence-electron chi connectivity index (χ0n) is 9.05. The predicted molar refractivity (Wildman–Crippen MR) is 65.1 cm³/mol. The van der Waals surface area contributed by atoms with Crippen LogP contribution in [0.1, 0.15) is 25.5 Å². The van der Waals surface area contributed by atoms with Gasteiger partial charge in [0, 0.05) is 16.7 Å². The molecule has 2 aromatic rings. The van der Waals surface area contributed by atoms with E-state index in [1.807, 2.05) is 13.8 Å². The molecule has 0 spiro atoms. The lowest BCUT2D eigenvalue weighted by atomic mass is 10.2. The van der Waals surface area contributed by atoms with Crippen LogP contribution in [-0.2, 0) is 9.05 Å². The van der Waals surface area contributed by atoms with E-state index in [1.54, 1.807) is 0 Å². The Labute approximate surface area is 108 Å². The third-order valence-electron chi connectivity index (χ3n) is 2.24. The van der Waals surface area contributed by atoms with Crippen LogP contribution >= 0.6 is 22.3 Å². The van der Waals surface area contributed by atoms with Crippen molar-refractivity contribution in [2.75, 3.05) is 0 Å². The summed E-state index contributed by atoms with van der Waals surface area (Å²) >= 11 is 5.73. The molecule has 0 saturated heterocycles. The summed E-state index contributed by atoms with van der Waals surface area (Å²) in [6.45, 7) is 3.67. The zero-order chi connectivity index (χ0) is 12.8. The highest BCUT2D eigenvalue weighted by Crippen LogP contribution is 2.27. The first-order valence-electron chi connectivity index (χ1n) is 4.79. The van der Waals surface area contributed by atoms with E-state index in [4.69, 9.17) is 22.3 Å². The summed E-state index contributed by atoms with van der Waals surface area (Å²) in [5.41, 5.74) is 0.817. The normalized spacial score (nSPS) is 12.5. The average molecular weight is 294 g/mol. The zero-order valence-corrected chi connectivity index (χ0v) is 11.4. The molecule has 2 rings (SSSR count). The molecular weight excluding hydrogens is 285 g/mol. The highest BCUT2D eigenvalue weighted by atomic mass is 35.7. The van der Waals surface area contributed by atoms with Gasteiger partial charge in [-0.25, -0.2) is 18.4 Å². The molecule has 0 N–H and O–H groups in total. The second-order valence-corrected chi connectivity index (χ2v) is 6.70. The van der Waals surface area contributed by atoms with Crippen molar-refractivity contribution >= 4 is 37.0 Å². The van der Waals surface area contributed by atoms with E-state index in [0.717, 1.165) is 0 Å². The Balaban J connectivity index is 2.91. The average Bonchev–Trinajstić information content (AvgIpc) is 2.55. The van der Waals surface area contributed by atoms with Gasteiger partial charge in [-0.05, 0) is 5.92 Å². The molecule has 17 heavy (non-hydrogen) atoms. The summed E-state index contributed by atoms with van der Waals surface area (Å²) in [6.07, 6.45) is 1.30. The molecule has 2 aromatic heterocycles. The van der Waals surface area contributed by atoms with Crippen molar-refractivity contribution in [3.8, 4) is 0 Å². The number of imidazole rings is 1. The molecule has 0 bridgehead atoms. The second-order valence-electron chi connectivity index (χ2n) is 3.83. The van der Waals surface area contributed by atoms with E-state index >= 15 is 0 Å². The van der Waals surface area contributed by atoms with Crippen LogP contribution in [0.4, 0.5) is 0 Å². The molecule has 0 aromatic carbocycles. The van der Waals surface area contributed by atoms with Crippen LogP contribution < -0.4 is 0 Å². The summed E-state index contributed by atoms with van der Waals surface area (Å²) in [5.74, 6) is -0.0720. The van der Waals surface area contributed by atoms with Crippen LogP contribution in [0.15, 0.2) is 17.4 Å². The van der Waals surface area contributed by atoms with Crippen molar-refractivity contribution in [1.82, 2.24) is 14.4 Å². The van der Waals surface area contributed by atoms with Gasteiger partial charge in [0.15, 0.2) is 5.03 Å². The molecule has 0 unspecified atom stereocenters. The minimum atomic E-state index is -3.89. The lowest BCUT2D eigenvalue weighted by Gasteiger charge is -2.03. The largest absolute Gasteiger partial charge is 0.279 e. The third-order valence-corrected chi connectivity index (χ3v) is 3.76. The molecule has 0 fully saturated rings. The lowest BCUT2D eigenvalue weighted by molar-refractivity contribution is 0.601. The topological polar surface area (TPSA) is 64.3 Å². The molecule has 0 radical (unpaired) electrons. The number of halogens is 2. The first-order valence-corrected chi connectivity index (χ1v) is 7.47. The van der Waals surface area contributed by atoms with Gasteiger partial charge in [-0.1, -0.05) is 25.4 Å². The van der Waals surface area contributed by atoms with Crippen molar-refractivity contribution in [2.24, 2.45) is 0 Å². The first-order chi connectivity index (χ1) is 7.80. The minimum Gasteiger partial charge on any atom is -0.272 e. The van der Waals surface area contributed by atoms with Crippen molar-refractivity contribution in [3.05, 3.63) is 23.2 Å². The van der Waals surface area contributed by atoms with E-state index < -0.39 is 9.05 Å².